The van der Waals surface area contributed by atoms with Gasteiger partial charge in [-0.05, 0) is 38.0 Å². The number of hydrogen-bond donors (Lipinski definition) is 3. The quantitative estimate of drug-likeness (QED) is 0.319. The van der Waals surface area contributed by atoms with Crippen LogP contribution in [-0.2, 0) is 20.9 Å². The SMILES string of the molecule is COC(=O)NC(CC/C=C/C(=O)N(C)C)C(=O)Nc1cccn(Cc2nc3c(N(C)C)nc(C)nc3[nH]2)c1=O. The third-order valence-corrected chi connectivity index (χ3v) is 5.63. The number of nitrogens with zero attached hydrogens (tertiary/aromatic N) is 6. The number of aryl methyl sites for hydroxylation is 1. The van der Waals surface area contributed by atoms with Gasteiger partial charge in [0.15, 0.2) is 17.0 Å². The number of likely N-dealkylation sites (N-methyl/N-ethyl adjacent to an activating group) is 1. The molecular formula is C25H33N9O5. The Bertz CT molecular complexity index is 1440. The first kappa shape index (κ1) is 28.8. The molecule has 0 aliphatic rings. The summed E-state index contributed by atoms with van der Waals surface area (Å²) in [5, 5.41) is 5.05. The van der Waals surface area contributed by atoms with Crippen molar-refractivity contribution < 1.29 is 19.1 Å². The highest BCUT2D eigenvalue weighted by Gasteiger charge is 2.22. The second-order valence-electron chi connectivity index (χ2n) is 9.11. The van der Waals surface area contributed by atoms with Crippen LogP contribution in [0.4, 0.5) is 16.3 Å². The number of carbonyl (C=O) groups is 3. The predicted octanol–water partition coefficient (Wildman–Crippen LogP) is 1.03. The van der Waals surface area contributed by atoms with Gasteiger partial charge < -0.3 is 34.7 Å². The molecule has 3 aromatic rings. The number of imidazole rings is 1. The van der Waals surface area contributed by atoms with Crippen LogP contribution in [0.1, 0.15) is 24.5 Å². The normalized spacial score (nSPS) is 11.8. The molecule has 0 aliphatic heterocycles. The molecule has 0 saturated heterocycles. The van der Waals surface area contributed by atoms with Crippen LogP contribution in [0, 0.1) is 6.92 Å². The number of hydrogen-bond acceptors (Lipinski definition) is 9. The average Bonchev–Trinajstić information content (AvgIpc) is 3.28. The van der Waals surface area contributed by atoms with E-state index in [0.717, 1.165) is 0 Å². The molecule has 14 nitrogen and oxygen atoms in total. The van der Waals surface area contributed by atoms with Crippen molar-refractivity contribution in [3.05, 3.63) is 52.5 Å². The zero-order valence-corrected chi connectivity index (χ0v) is 22.8. The number of aromatic nitrogens is 5. The van der Waals surface area contributed by atoms with Gasteiger partial charge in [-0.1, -0.05) is 6.08 Å². The van der Waals surface area contributed by atoms with E-state index in [9.17, 15) is 19.2 Å². The molecule has 0 aromatic carbocycles. The number of alkyl carbamates (subject to hydrolysis) is 1. The summed E-state index contributed by atoms with van der Waals surface area (Å²) in [6, 6.07) is 2.08. The van der Waals surface area contributed by atoms with E-state index in [4.69, 9.17) is 0 Å². The highest BCUT2D eigenvalue weighted by Crippen LogP contribution is 2.20. The molecule has 0 radical (unpaired) electrons. The molecular weight excluding hydrogens is 506 g/mol. The topological polar surface area (TPSA) is 167 Å². The minimum absolute atomic E-state index is 0.0261. The van der Waals surface area contributed by atoms with E-state index < -0.39 is 23.6 Å². The first-order valence-electron chi connectivity index (χ1n) is 12.1. The second-order valence-corrected chi connectivity index (χ2v) is 9.11. The molecule has 3 N–H and O–H groups in total. The number of nitrogens with one attached hydrogen (secondary N) is 3. The molecule has 0 fully saturated rings. The molecule has 3 amide bonds. The van der Waals surface area contributed by atoms with Crippen molar-refractivity contribution in [2.24, 2.45) is 0 Å². The number of H-pyrrole nitrogens is 1. The first-order valence-corrected chi connectivity index (χ1v) is 12.1. The van der Waals surface area contributed by atoms with Gasteiger partial charge in [-0.25, -0.2) is 19.7 Å². The standard InChI is InChI=1S/C25H33N9O5/c1-15-26-21-20(22(27-15)33(4)5)30-18(31-21)14-34-13-9-11-17(24(34)37)28-23(36)16(29-25(38)39-6)10-7-8-12-19(35)32(2)3/h8-9,11-13,16H,7,10,14H2,1-6H3,(H,28,36)(H,29,38)(H,26,27,30,31)/b12-8+. The van der Waals surface area contributed by atoms with E-state index in [1.807, 2.05) is 19.0 Å². The van der Waals surface area contributed by atoms with Gasteiger partial charge >= 0.3 is 6.09 Å². The Balaban J connectivity index is 1.78. The van der Waals surface area contributed by atoms with Crippen LogP contribution in [0.3, 0.4) is 0 Å². The van der Waals surface area contributed by atoms with Gasteiger partial charge in [0.25, 0.3) is 5.56 Å². The summed E-state index contributed by atoms with van der Waals surface area (Å²) in [5.74, 6) is 0.915. The van der Waals surface area contributed by atoms with E-state index in [-0.39, 0.29) is 24.6 Å². The molecule has 39 heavy (non-hydrogen) atoms. The lowest BCUT2D eigenvalue weighted by atomic mass is 10.1. The van der Waals surface area contributed by atoms with Crippen molar-refractivity contribution in [1.29, 1.82) is 0 Å². The summed E-state index contributed by atoms with van der Waals surface area (Å²) >= 11 is 0. The molecule has 0 saturated carbocycles. The summed E-state index contributed by atoms with van der Waals surface area (Å²) in [6.07, 6.45) is 4.27. The van der Waals surface area contributed by atoms with Gasteiger partial charge in [-0.2, -0.15) is 0 Å². The number of amides is 3. The van der Waals surface area contributed by atoms with E-state index in [1.54, 1.807) is 39.4 Å². The van der Waals surface area contributed by atoms with Crippen molar-refractivity contribution in [2.45, 2.75) is 32.4 Å². The summed E-state index contributed by atoms with van der Waals surface area (Å²) in [5.41, 5.74) is 0.695. The predicted molar refractivity (Wildman–Crippen MR) is 146 cm³/mol. The number of fused-ring (bicyclic) bond motifs is 1. The molecule has 3 heterocycles. The fourth-order valence-corrected chi connectivity index (χ4v) is 3.63. The molecule has 1 atom stereocenters. The van der Waals surface area contributed by atoms with Gasteiger partial charge in [0.2, 0.25) is 11.8 Å². The Hall–Kier alpha value is -4.75. The van der Waals surface area contributed by atoms with E-state index in [2.05, 4.69) is 35.3 Å². The summed E-state index contributed by atoms with van der Waals surface area (Å²) in [6.45, 7) is 1.88. The van der Waals surface area contributed by atoms with Gasteiger partial charge in [-0.15, -0.1) is 0 Å². The number of allylic oxidation sites excluding steroid dienone is 1. The molecule has 3 aromatic heterocycles. The van der Waals surface area contributed by atoms with Gasteiger partial charge in [0.05, 0.1) is 13.7 Å². The average molecular weight is 540 g/mol. The molecule has 14 heteroatoms. The Morgan fingerprint density at radius 2 is 1.92 bits per heavy atom. The number of aromatic amines is 1. The Labute approximate surface area is 225 Å². The molecule has 0 bridgehead atoms. The fourth-order valence-electron chi connectivity index (χ4n) is 3.63. The highest BCUT2D eigenvalue weighted by atomic mass is 16.5. The lowest BCUT2D eigenvalue weighted by Gasteiger charge is -2.17. The molecule has 208 valence electrons. The molecule has 3 rings (SSSR count). The first-order chi connectivity index (χ1) is 18.5. The Morgan fingerprint density at radius 1 is 1.18 bits per heavy atom. The number of carbonyl (C=O) groups excluding carboxylic acids is 3. The van der Waals surface area contributed by atoms with Crippen LogP contribution >= 0.6 is 0 Å². The second kappa shape index (κ2) is 12.7. The lowest BCUT2D eigenvalue weighted by Crippen LogP contribution is -2.44. The van der Waals surface area contributed by atoms with Crippen molar-refractivity contribution in [2.75, 3.05) is 45.5 Å². The number of rotatable bonds is 10. The zero-order chi connectivity index (χ0) is 28.7. The van der Waals surface area contributed by atoms with Crippen LogP contribution in [0.25, 0.3) is 11.2 Å². The minimum Gasteiger partial charge on any atom is -0.453 e. The number of anilines is 2. The third-order valence-electron chi connectivity index (χ3n) is 5.63. The van der Waals surface area contributed by atoms with Crippen LogP contribution in [-0.4, -0.2) is 88.7 Å². The fraction of sp³-hybridized carbons (Fsp3) is 0.400. The van der Waals surface area contributed by atoms with E-state index in [0.29, 0.717) is 35.1 Å². The summed E-state index contributed by atoms with van der Waals surface area (Å²) < 4.78 is 6.01. The maximum atomic E-state index is 13.2. The largest absolute Gasteiger partial charge is 0.453 e. The Morgan fingerprint density at radius 3 is 2.59 bits per heavy atom. The maximum absolute atomic E-state index is 13.2. The van der Waals surface area contributed by atoms with Gasteiger partial charge in [0.1, 0.15) is 23.4 Å². The van der Waals surface area contributed by atoms with Crippen LogP contribution in [0.2, 0.25) is 0 Å². The van der Waals surface area contributed by atoms with Crippen LogP contribution in [0.5, 0.6) is 0 Å². The van der Waals surface area contributed by atoms with Crippen molar-refractivity contribution in [3.8, 4) is 0 Å². The van der Waals surface area contributed by atoms with Crippen molar-refractivity contribution in [1.82, 2.24) is 34.7 Å². The minimum atomic E-state index is -1.01. The highest BCUT2D eigenvalue weighted by molar-refractivity contribution is 5.96. The number of pyridine rings is 1. The van der Waals surface area contributed by atoms with Gasteiger partial charge in [0, 0.05) is 34.4 Å². The van der Waals surface area contributed by atoms with Crippen LogP contribution < -0.4 is 21.1 Å². The molecule has 0 aliphatic carbocycles. The lowest BCUT2D eigenvalue weighted by molar-refractivity contribution is -0.123. The molecule has 0 spiro atoms. The smallest absolute Gasteiger partial charge is 0.407 e. The van der Waals surface area contributed by atoms with Gasteiger partial charge in [-0.3, -0.25) is 14.4 Å². The van der Waals surface area contributed by atoms with Crippen LogP contribution in [0.15, 0.2) is 35.3 Å². The molecule has 1 unspecified atom stereocenters. The summed E-state index contributed by atoms with van der Waals surface area (Å²) in [4.78, 5) is 69.5. The Kier molecular flexibility index (Phi) is 9.36. The maximum Gasteiger partial charge on any atom is 0.407 e. The van der Waals surface area contributed by atoms with E-state index in [1.165, 1.54) is 28.7 Å². The zero-order valence-electron chi connectivity index (χ0n) is 22.8. The van der Waals surface area contributed by atoms with E-state index >= 15 is 0 Å². The van der Waals surface area contributed by atoms with Crippen molar-refractivity contribution in [3.63, 3.8) is 0 Å². The summed E-state index contributed by atoms with van der Waals surface area (Å²) in [7, 11) is 8.14. The number of ether oxygens (including phenoxy) is 1. The monoisotopic (exact) mass is 539 g/mol. The number of methoxy groups -OCH3 is 1. The van der Waals surface area contributed by atoms with Crippen molar-refractivity contribution >= 4 is 40.6 Å². The third kappa shape index (κ3) is 7.40.